The lowest BCUT2D eigenvalue weighted by Gasteiger charge is -2.43. The monoisotopic (exact) mass is 303 g/mol. The quantitative estimate of drug-likeness (QED) is 0.881. The molecule has 22 heavy (non-hydrogen) atoms. The van der Waals surface area contributed by atoms with Crippen LogP contribution < -0.4 is 10.9 Å². The average molecular weight is 303 g/mol. The van der Waals surface area contributed by atoms with Crippen LogP contribution in [-0.4, -0.2) is 41.5 Å². The Hall–Kier alpha value is -1.62. The van der Waals surface area contributed by atoms with Gasteiger partial charge in [-0.25, -0.2) is 0 Å². The van der Waals surface area contributed by atoms with Crippen LogP contribution in [0.25, 0.3) is 0 Å². The van der Waals surface area contributed by atoms with E-state index in [0.29, 0.717) is 19.0 Å². The summed E-state index contributed by atoms with van der Waals surface area (Å²) in [7, 11) is 0. The maximum Gasteiger partial charge on any atom is 0.248 e. The fourth-order valence-corrected chi connectivity index (χ4v) is 3.85. The number of pyridine rings is 1. The van der Waals surface area contributed by atoms with Crippen molar-refractivity contribution < 1.29 is 4.79 Å². The van der Waals surface area contributed by atoms with Gasteiger partial charge >= 0.3 is 0 Å². The molecule has 0 aliphatic carbocycles. The fourth-order valence-electron chi connectivity index (χ4n) is 3.85. The highest BCUT2D eigenvalue weighted by Crippen LogP contribution is 2.30. The Morgan fingerprint density at radius 3 is 2.95 bits per heavy atom. The Kier molecular flexibility index (Phi) is 4.93. The number of nitrogens with zero attached hydrogens (tertiary/aromatic N) is 1. The van der Waals surface area contributed by atoms with Gasteiger partial charge in [0.15, 0.2) is 0 Å². The average Bonchev–Trinajstić information content (AvgIpc) is 2.54. The van der Waals surface area contributed by atoms with Crippen LogP contribution in [0.3, 0.4) is 0 Å². The van der Waals surface area contributed by atoms with Crippen molar-refractivity contribution in [3.05, 3.63) is 34.2 Å². The van der Waals surface area contributed by atoms with Crippen molar-refractivity contribution in [3.8, 4) is 0 Å². The van der Waals surface area contributed by atoms with Crippen molar-refractivity contribution in [1.82, 2.24) is 15.2 Å². The van der Waals surface area contributed by atoms with E-state index in [2.05, 4.69) is 15.2 Å². The molecule has 2 atom stereocenters. The predicted molar refractivity (Wildman–Crippen MR) is 85.7 cm³/mol. The van der Waals surface area contributed by atoms with E-state index < -0.39 is 0 Å². The molecule has 120 valence electrons. The summed E-state index contributed by atoms with van der Waals surface area (Å²) < 4.78 is 0. The topological polar surface area (TPSA) is 65.2 Å². The highest BCUT2D eigenvalue weighted by molar-refractivity contribution is 5.79. The molecule has 5 nitrogen and oxygen atoms in total. The lowest BCUT2D eigenvalue weighted by Crippen LogP contribution is -2.52. The van der Waals surface area contributed by atoms with Crippen LogP contribution in [0.1, 0.15) is 37.8 Å². The molecular weight excluding hydrogens is 278 g/mol. The van der Waals surface area contributed by atoms with E-state index in [1.54, 1.807) is 6.07 Å². The van der Waals surface area contributed by atoms with E-state index in [1.165, 1.54) is 18.9 Å². The maximum absolute atomic E-state index is 12.5. The number of rotatable bonds is 4. The molecule has 0 radical (unpaired) electrons. The summed E-state index contributed by atoms with van der Waals surface area (Å²) >= 11 is 0. The minimum absolute atomic E-state index is 0.0889. The highest BCUT2D eigenvalue weighted by Gasteiger charge is 2.36. The summed E-state index contributed by atoms with van der Waals surface area (Å²) in [5.74, 6) is 0.332. The maximum atomic E-state index is 12.5. The number of amides is 1. The van der Waals surface area contributed by atoms with Gasteiger partial charge < -0.3 is 10.3 Å². The number of piperidine rings is 2. The minimum atomic E-state index is -0.0889. The molecule has 1 aromatic rings. The van der Waals surface area contributed by atoms with Gasteiger partial charge in [0.1, 0.15) is 0 Å². The summed E-state index contributed by atoms with van der Waals surface area (Å²) in [6.07, 6.45) is 6.48. The Morgan fingerprint density at radius 2 is 2.09 bits per heavy atom. The van der Waals surface area contributed by atoms with Crippen LogP contribution in [0.4, 0.5) is 0 Å². The first-order valence-corrected chi connectivity index (χ1v) is 8.44. The van der Waals surface area contributed by atoms with Crippen molar-refractivity contribution in [3.63, 3.8) is 0 Å². The summed E-state index contributed by atoms with van der Waals surface area (Å²) in [5.41, 5.74) is 0.782. The van der Waals surface area contributed by atoms with Crippen molar-refractivity contribution in [1.29, 1.82) is 0 Å². The molecule has 3 rings (SSSR count). The number of nitrogens with one attached hydrogen (secondary N) is 2. The van der Waals surface area contributed by atoms with Crippen molar-refractivity contribution in [2.24, 2.45) is 5.92 Å². The van der Waals surface area contributed by atoms with Gasteiger partial charge in [-0.2, -0.15) is 0 Å². The lowest BCUT2D eigenvalue weighted by atomic mass is 9.83. The normalized spacial score (nSPS) is 25.5. The van der Waals surface area contributed by atoms with E-state index in [0.717, 1.165) is 38.0 Å². The molecule has 0 bridgehead atoms. The zero-order valence-corrected chi connectivity index (χ0v) is 13.0. The fraction of sp³-hybridized carbons (Fsp3) is 0.647. The number of fused-ring (bicyclic) bond motifs is 1. The molecule has 1 aromatic heterocycles. The molecule has 2 saturated heterocycles. The first-order valence-electron chi connectivity index (χ1n) is 8.44. The van der Waals surface area contributed by atoms with Gasteiger partial charge in [0.05, 0.1) is 5.92 Å². The molecule has 1 amide bonds. The third-order valence-corrected chi connectivity index (χ3v) is 4.95. The summed E-state index contributed by atoms with van der Waals surface area (Å²) in [6, 6.07) is 5.58. The third-order valence-electron chi connectivity index (χ3n) is 4.95. The molecule has 0 spiro atoms. The van der Waals surface area contributed by atoms with Crippen LogP contribution >= 0.6 is 0 Å². The van der Waals surface area contributed by atoms with Gasteiger partial charge in [0, 0.05) is 30.8 Å². The molecule has 2 N–H and O–H groups in total. The summed E-state index contributed by atoms with van der Waals surface area (Å²) in [4.78, 5) is 29.0. The van der Waals surface area contributed by atoms with Gasteiger partial charge in [-0.3, -0.25) is 14.5 Å². The van der Waals surface area contributed by atoms with Crippen LogP contribution in [0, 0.1) is 5.92 Å². The van der Waals surface area contributed by atoms with Gasteiger partial charge in [0.2, 0.25) is 11.5 Å². The molecule has 2 fully saturated rings. The smallest absolute Gasteiger partial charge is 0.248 e. The van der Waals surface area contributed by atoms with E-state index >= 15 is 0 Å². The van der Waals surface area contributed by atoms with E-state index in [1.807, 2.05) is 6.07 Å². The first kappa shape index (κ1) is 15.3. The molecule has 2 aliphatic heterocycles. The van der Waals surface area contributed by atoms with Crippen LogP contribution in [0.5, 0.6) is 0 Å². The van der Waals surface area contributed by atoms with Gasteiger partial charge in [-0.05, 0) is 44.8 Å². The predicted octanol–water partition coefficient (Wildman–Crippen LogP) is 1.30. The largest absolute Gasteiger partial charge is 0.355 e. The molecule has 2 aliphatic rings. The van der Waals surface area contributed by atoms with Gasteiger partial charge in [-0.15, -0.1) is 0 Å². The number of carbonyl (C=O) groups excluding carboxylic acids is 1. The SMILES string of the molecule is O=C(NCCc1cccc(=O)[nH]1)[C@@H]1CCCN2CCCC[C@H]12. The molecular formula is C17H25N3O2. The second kappa shape index (κ2) is 7.09. The van der Waals surface area contributed by atoms with Gasteiger partial charge in [0.25, 0.3) is 0 Å². The zero-order chi connectivity index (χ0) is 15.4. The minimum Gasteiger partial charge on any atom is -0.355 e. The zero-order valence-electron chi connectivity index (χ0n) is 13.0. The molecule has 0 unspecified atom stereocenters. The highest BCUT2D eigenvalue weighted by atomic mass is 16.2. The van der Waals surface area contributed by atoms with Crippen LogP contribution in [-0.2, 0) is 11.2 Å². The Morgan fingerprint density at radius 1 is 1.23 bits per heavy atom. The molecule has 3 heterocycles. The third kappa shape index (κ3) is 3.58. The van der Waals surface area contributed by atoms with Crippen molar-refractivity contribution in [2.75, 3.05) is 19.6 Å². The number of carbonyl (C=O) groups is 1. The van der Waals surface area contributed by atoms with Crippen LogP contribution in [0.15, 0.2) is 23.0 Å². The summed E-state index contributed by atoms with van der Waals surface area (Å²) in [6.45, 7) is 2.89. The number of aromatic amines is 1. The first-order chi connectivity index (χ1) is 10.7. The Balaban J connectivity index is 1.51. The van der Waals surface area contributed by atoms with Crippen molar-refractivity contribution >= 4 is 5.91 Å². The second-order valence-corrected chi connectivity index (χ2v) is 6.43. The van der Waals surface area contributed by atoms with E-state index in [9.17, 15) is 9.59 Å². The Labute approximate surface area is 131 Å². The Bertz CT molecular complexity index is 567. The number of H-pyrrole nitrogens is 1. The lowest BCUT2D eigenvalue weighted by molar-refractivity contribution is -0.129. The standard InChI is InChI=1S/C17H25N3O2/c21-16-8-3-5-13(19-16)9-10-18-17(22)14-6-4-12-20-11-2-1-7-15(14)20/h3,5,8,14-15H,1-2,4,6-7,9-12H2,(H,18,22)(H,19,21)/t14-,15-/m1/s1. The van der Waals surface area contributed by atoms with Gasteiger partial charge in [-0.1, -0.05) is 12.5 Å². The number of aromatic nitrogens is 1. The van der Waals surface area contributed by atoms with E-state index in [4.69, 9.17) is 0 Å². The number of hydrogen-bond acceptors (Lipinski definition) is 3. The summed E-state index contributed by atoms with van der Waals surface area (Å²) in [5, 5.41) is 3.07. The molecule has 0 aromatic carbocycles. The molecule has 0 saturated carbocycles. The number of hydrogen-bond donors (Lipinski definition) is 2. The van der Waals surface area contributed by atoms with E-state index in [-0.39, 0.29) is 17.4 Å². The second-order valence-electron chi connectivity index (χ2n) is 6.43. The molecule has 5 heteroatoms. The van der Waals surface area contributed by atoms with Crippen molar-refractivity contribution in [2.45, 2.75) is 44.6 Å². The van der Waals surface area contributed by atoms with Crippen LogP contribution in [0.2, 0.25) is 0 Å².